The van der Waals surface area contributed by atoms with Crippen LogP contribution in [0.5, 0.6) is 5.75 Å². The van der Waals surface area contributed by atoms with Gasteiger partial charge >= 0.3 is 0 Å². The van der Waals surface area contributed by atoms with Gasteiger partial charge in [0.1, 0.15) is 18.9 Å². The summed E-state index contributed by atoms with van der Waals surface area (Å²) in [6, 6.07) is 12.8. The summed E-state index contributed by atoms with van der Waals surface area (Å²) in [5.74, 6) is 0.334. The van der Waals surface area contributed by atoms with Gasteiger partial charge in [-0.2, -0.15) is 0 Å². The number of nitrogens with one attached hydrogen (secondary N) is 1. The van der Waals surface area contributed by atoms with Crippen molar-refractivity contribution in [2.75, 3.05) is 30.3 Å². The van der Waals surface area contributed by atoms with Crippen molar-refractivity contribution in [3.05, 3.63) is 58.1 Å². The van der Waals surface area contributed by atoms with Gasteiger partial charge in [-0.05, 0) is 55.3 Å². The van der Waals surface area contributed by atoms with Gasteiger partial charge < -0.3 is 10.1 Å². The van der Waals surface area contributed by atoms with Crippen molar-refractivity contribution in [2.45, 2.75) is 13.8 Å². The van der Waals surface area contributed by atoms with Crippen LogP contribution in [0.15, 0.2) is 46.9 Å². The van der Waals surface area contributed by atoms with Crippen molar-refractivity contribution in [2.24, 2.45) is 0 Å². The average Bonchev–Trinajstić information content (AvgIpc) is 2.58. The lowest BCUT2D eigenvalue weighted by atomic mass is 10.2. The first-order chi connectivity index (χ1) is 12.7. The Morgan fingerprint density at radius 3 is 2.56 bits per heavy atom. The molecule has 0 unspecified atom stereocenters. The Morgan fingerprint density at radius 1 is 1.19 bits per heavy atom. The van der Waals surface area contributed by atoms with Crippen molar-refractivity contribution < 1.29 is 17.9 Å². The Kier molecular flexibility index (Phi) is 7.26. The molecule has 0 saturated heterocycles. The maximum absolute atomic E-state index is 12.2. The number of nitrogens with zero attached hydrogens (tertiary/aromatic N) is 1. The lowest BCUT2D eigenvalue weighted by Crippen LogP contribution is -2.41. The summed E-state index contributed by atoms with van der Waals surface area (Å²) in [6.45, 7) is 4.12. The first-order valence-electron chi connectivity index (χ1n) is 8.37. The van der Waals surface area contributed by atoms with Crippen molar-refractivity contribution in [3.63, 3.8) is 0 Å². The van der Waals surface area contributed by atoms with E-state index in [1.165, 1.54) is 0 Å². The molecule has 0 atom stereocenters. The van der Waals surface area contributed by atoms with E-state index >= 15 is 0 Å². The number of amides is 1. The predicted octanol–water partition coefficient (Wildman–Crippen LogP) is 3.03. The van der Waals surface area contributed by atoms with E-state index in [1.807, 2.05) is 38.1 Å². The number of sulfonamides is 1. The minimum Gasteiger partial charge on any atom is -0.492 e. The van der Waals surface area contributed by atoms with Gasteiger partial charge in [-0.15, -0.1) is 0 Å². The fourth-order valence-corrected chi connectivity index (χ4v) is 3.53. The first-order valence-corrected chi connectivity index (χ1v) is 11.0. The van der Waals surface area contributed by atoms with E-state index in [2.05, 4.69) is 21.2 Å². The molecule has 2 rings (SSSR count). The van der Waals surface area contributed by atoms with Crippen LogP contribution in [0.2, 0.25) is 0 Å². The maximum atomic E-state index is 12.2. The molecule has 2 aromatic carbocycles. The molecule has 0 aliphatic carbocycles. The van der Waals surface area contributed by atoms with Gasteiger partial charge in [0.15, 0.2) is 0 Å². The number of ether oxygens (including phenoxy) is 1. The number of hydrogen-bond donors (Lipinski definition) is 1. The molecule has 8 heteroatoms. The number of benzene rings is 2. The maximum Gasteiger partial charge on any atom is 0.240 e. The van der Waals surface area contributed by atoms with Crippen LogP contribution in [0.4, 0.5) is 5.69 Å². The molecule has 0 saturated carbocycles. The molecule has 0 radical (unpaired) electrons. The third-order valence-electron chi connectivity index (χ3n) is 3.80. The van der Waals surface area contributed by atoms with Crippen LogP contribution in [-0.2, 0) is 14.8 Å². The first kappa shape index (κ1) is 21.2. The highest BCUT2D eigenvalue weighted by molar-refractivity contribution is 9.10. The third-order valence-corrected chi connectivity index (χ3v) is 5.83. The second-order valence-corrected chi connectivity index (χ2v) is 8.98. The molecule has 1 amide bonds. The molecule has 0 aliphatic rings. The molecule has 2 aromatic rings. The summed E-state index contributed by atoms with van der Waals surface area (Å²) in [5.41, 5.74) is 2.42. The normalized spacial score (nSPS) is 11.1. The second kappa shape index (κ2) is 9.23. The molecule has 0 fully saturated rings. The highest BCUT2D eigenvalue weighted by atomic mass is 79.9. The van der Waals surface area contributed by atoms with E-state index < -0.39 is 15.9 Å². The van der Waals surface area contributed by atoms with Crippen LogP contribution in [0.1, 0.15) is 11.1 Å². The fraction of sp³-hybridized carbons (Fsp3) is 0.316. The molecule has 1 N–H and O–H groups in total. The highest BCUT2D eigenvalue weighted by Crippen LogP contribution is 2.24. The van der Waals surface area contributed by atoms with Gasteiger partial charge in [0.05, 0.1) is 18.5 Å². The number of carbonyl (C=O) groups excluding carboxylic acids is 1. The summed E-state index contributed by atoms with van der Waals surface area (Å²) in [7, 11) is -3.60. The Bertz CT molecular complexity index is 916. The van der Waals surface area contributed by atoms with Gasteiger partial charge in [0, 0.05) is 4.47 Å². The number of anilines is 1. The Balaban J connectivity index is 1.93. The quantitative estimate of drug-likeness (QED) is 0.621. The minimum atomic E-state index is -3.60. The summed E-state index contributed by atoms with van der Waals surface area (Å²) in [6.07, 6.45) is 1.08. The molecular formula is C19H23BrN2O4S. The second-order valence-electron chi connectivity index (χ2n) is 6.22. The van der Waals surface area contributed by atoms with Crippen LogP contribution in [0.25, 0.3) is 0 Å². The summed E-state index contributed by atoms with van der Waals surface area (Å²) < 4.78 is 31.8. The van der Waals surface area contributed by atoms with E-state index in [0.29, 0.717) is 12.3 Å². The van der Waals surface area contributed by atoms with Crippen LogP contribution >= 0.6 is 15.9 Å². The molecule has 0 aromatic heterocycles. The fourth-order valence-electron chi connectivity index (χ4n) is 2.43. The predicted molar refractivity (Wildman–Crippen MR) is 111 cm³/mol. The van der Waals surface area contributed by atoms with Crippen molar-refractivity contribution >= 4 is 37.5 Å². The Hall–Kier alpha value is -2.06. The lowest BCUT2D eigenvalue weighted by Gasteiger charge is -2.22. The van der Waals surface area contributed by atoms with Crippen LogP contribution < -0.4 is 14.4 Å². The van der Waals surface area contributed by atoms with Gasteiger partial charge in [0.25, 0.3) is 0 Å². The van der Waals surface area contributed by atoms with Gasteiger partial charge in [-0.25, -0.2) is 8.42 Å². The van der Waals surface area contributed by atoms with E-state index in [0.717, 1.165) is 31.9 Å². The van der Waals surface area contributed by atoms with E-state index in [4.69, 9.17) is 4.74 Å². The average molecular weight is 455 g/mol. The van der Waals surface area contributed by atoms with Crippen molar-refractivity contribution in [3.8, 4) is 5.75 Å². The summed E-state index contributed by atoms with van der Waals surface area (Å²) in [4.78, 5) is 12.2. The van der Waals surface area contributed by atoms with Crippen molar-refractivity contribution in [1.82, 2.24) is 5.32 Å². The van der Waals surface area contributed by atoms with Gasteiger partial charge in [-0.1, -0.05) is 28.1 Å². The molecule has 0 spiro atoms. The summed E-state index contributed by atoms with van der Waals surface area (Å²) >= 11 is 3.38. The number of hydrogen-bond acceptors (Lipinski definition) is 4. The molecule has 146 valence electrons. The van der Waals surface area contributed by atoms with Crippen LogP contribution in [-0.4, -0.2) is 40.3 Å². The standard InChI is InChI=1S/C19H23BrN2O4S/c1-14-5-4-6-17(11-14)26-10-9-21-19(23)13-22(27(3,24)25)16-7-8-18(20)15(2)12-16/h4-8,11-12H,9-10,13H2,1-3H3,(H,21,23). The number of carbonyl (C=O) groups is 1. The van der Waals surface area contributed by atoms with Crippen LogP contribution in [0, 0.1) is 13.8 Å². The number of aryl methyl sites for hydroxylation is 2. The molecular weight excluding hydrogens is 432 g/mol. The molecule has 6 nitrogen and oxygen atoms in total. The van der Waals surface area contributed by atoms with E-state index in [1.54, 1.807) is 18.2 Å². The monoisotopic (exact) mass is 454 g/mol. The zero-order valence-corrected chi connectivity index (χ0v) is 17.9. The number of halogens is 1. The zero-order chi connectivity index (χ0) is 20.0. The van der Waals surface area contributed by atoms with Crippen molar-refractivity contribution in [1.29, 1.82) is 0 Å². The van der Waals surface area contributed by atoms with E-state index in [9.17, 15) is 13.2 Å². The SMILES string of the molecule is Cc1cccc(OCCNC(=O)CN(c2ccc(Br)c(C)c2)S(C)(=O)=O)c1. The molecule has 0 heterocycles. The lowest BCUT2D eigenvalue weighted by molar-refractivity contribution is -0.119. The highest BCUT2D eigenvalue weighted by Gasteiger charge is 2.21. The van der Waals surface area contributed by atoms with Gasteiger partial charge in [0.2, 0.25) is 15.9 Å². The largest absolute Gasteiger partial charge is 0.492 e. The smallest absolute Gasteiger partial charge is 0.240 e. The Morgan fingerprint density at radius 2 is 1.93 bits per heavy atom. The molecule has 27 heavy (non-hydrogen) atoms. The topological polar surface area (TPSA) is 75.7 Å². The molecule has 0 bridgehead atoms. The van der Waals surface area contributed by atoms with Crippen LogP contribution in [0.3, 0.4) is 0 Å². The molecule has 0 aliphatic heterocycles. The summed E-state index contributed by atoms with van der Waals surface area (Å²) in [5, 5.41) is 2.69. The van der Waals surface area contributed by atoms with Gasteiger partial charge in [-0.3, -0.25) is 9.10 Å². The Labute approximate surface area is 168 Å². The van der Waals surface area contributed by atoms with E-state index in [-0.39, 0.29) is 13.1 Å². The number of rotatable bonds is 8. The minimum absolute atomic E-state index is 0.281. The third kappa shape index (κ3) is 6.55. The zero-order valence-electron chi connectivity index (χ0n) is 15.5.